The predicted octanol–water partition coefficient (Wildman–Crippen LogP) is 5.49. The minimum absolute atomic E-state index is 0.229. The average molecular weight is 330 g/mol. The minimum atomic E-state index is 0.229. The predicted molar refractivity (Wildman–Crippen MR) is 89.2 cm³/mol. The number of fused-ring (bicyclic) bond motifs is 1. The Morgan fingerprint density at radius 2 is 1.85 bits per heavy atom. The molecule has 1 unspecified atom stereocenters. The van der Waals surface area contributed by atoms with Crippen LogP contribution in [0.2, 0.25) is 0 Å². The molecule has 0 heterocycles. The van der Waals surface area contributed by atoms with Crippen LogP contribution >= 0.6 is 15.9 Å². The van der Waals surface area contributed by atoms with Crippen molar-refractivity contribution in [3.63, 3.8) is 0 Å². The van der Waals surface area contributed by atoms with Crippen LogP contribution in [0.15, 0.2) is 46.9 Å². The van der Waals surface area contributed by atoms with Gasteiger partial charge in [0.2, 0.25) is 0 Å². The first-order chi connectivity index (χ1) is 9.49. The molecular formula is C18H20BrN. The molecule has 0 fully saturated rings. The first kappa shape index (κ1) is 13.7. The van der Waals surface area contributed by atoms with E-state index in [1.807, 2.05) is 0 Å². The Morgan fingerprint density at radius 1 is 1.10 bits per heavy atom. The Morgan fingerprint density at radius 3 is 2.65 bits per heavy atom. The van der Waals surface area contributed by atoms with Crippen molar-refractivity contribution in [2.75, 3.05) is 5.32 Å². The summed E-state index contributed by atoms with van der Waals surface area (Å²) in [6.07, 6.45) is 1.13. The summed E-state index contributed by atoms with van der Waals surface area (Å²) in [4.78, 5) is 0. The summed E-state index contributed by atoms with van der Waals surface area (Å²) in [5.74, 6) is 0. The number of aryl methyl sites for hydroxylation is 1. The van der Waals surface area contributed by atoms with Gasteiger partial charge in [0, 0.05) is 10.2 Å². The highest BCUT2D eigenvalue weighted by molar-refractivity contribution is 9.10. The molecule has 1 atom stereocenters. The maximum atomic E-state index is 3.75. The molecule has 0 aromatic heterocycles. The van der Waals surface area contributed by atoms with Gasteiger partial charge >= 0.3 is 0 Å². The number of nitrogens with one attached hydrogen (secondary N) is 1. The van der Waals surface area contributed by atoms with Gasteiger partial charge in [0.05, 0.1) is 6.04 Å². The van der Waals surface area contributed by atoms with Gasteiger partial charge in [-0.1, -0.05) is 50.2 Å². The molecule has 3 rings (SSSR count). The van der Waals surface area contributed by atoms with Crippen LogP contribution in [0, 0.1) is 12.3 Å². The molecule has 0 spiro atoms. The second-order valence-corrected chi connectivity index (χ2v) is 7.17. The van der Waals surface area contributed by atoms with E-state index < -0.39 is 0 Å². The SMILES string of the molecule is Cc1cccc(NC2c3ccccc3CC2(C)C)c1Br. The second-order valence-electron chi connectivity index (χ2n) is 6.38. The van der Waals surface area contributed by atoms with Crippen LogP contribution in [0.4, 0.5) is 5.69 Å². The van der Waals surface area contributed by atoms with Gasteiger partial charge in [-0.15, -0.1) is 0 Å². The van der Waals surface area contributed by atoms with E-state index in [0.29, 0.717) is 6.04 Å². The third-order valence-corrected chi connectivity index (χ3v) is 5.34. The van der Waals surface area contributed by atoms with Crippen LogP contribution in [0.5, 0.6) is 0 Å². The van der Waals surface area contributed by atoms with Crippen LogP contribution in [0.25, 0.3) is 0 Å². The van der Waals surface area contributed by atoms with Crippen LogP contribution in [-0.4, -0.2) is 0 Å². The van der Waals surface area contributed by atoms with Crippen LogP contribution in [0.3, 0.4) is 0 Å². The van der Waals surface area contributed by atoms with Crippen molar-refractivity contribution in [3.8, 4) is 0 Å². The summed E-state index contributed by atoms with van der Waals surface area (Å²) < 4.78 is 1.17. The highest BCUT2D eigenvalue weighted by atomic mass is 79.9. The molecule has 1 N–H and O–H groups in total. The Hall–Kier alpha value is -1.28. The molecule has 0 amide bonds. The Kier molecular flexibility index (Phi) is 3.37. The molecule has 0 bridgehead atoms. The number of halogens is 1. The van der Waals surface area contributed by atoms with Crippen molar-refractivity contribution in [1.82, 2.24) is 0 Å². The van der Waals surface area contributed by atoms with E-state index in [1.54, 1.807) is 0 Å². The summed E-state index contributed by atoms with van der Waals surface area (Å²) in [5.41, 5.74) is 5.58. The van der Waals surface area contributed by atoms with Gasteiger partial charge in [-0.05, 0) is 57.4 Å². The lowest BCUT2D eigenvalue weighted by molar-refractivity contribution is 0.337. The Bertz CT molecular complexity index is 646. The molecule has 1 nitrogen and oxygen atoms in total. The van der Waals surface area contributed by atoms with Gasteiger partial charge in [-0.2, -0.15) is 0 Å². The van der Waals surface area contributed by atoms with Gasteiger partial charge in [0.25, 0.3) is 0 Å². The first-order valence-corrected chi connectivity index (χ1v) is 7.88. The third kappa shape index (κ3) is 2.26. The zero-order valence-electron chi connectivity index (χ0n) is 12.2. The van der Waals surface area contributed by atoms with Crippen LogP contribution in [0.1, 0.15) is 36.6 Å². The zero-order chi connectivity index (χ0) is 14.3. The Labute approximate surface area is 129 Å². The fraction of sp³-hybridized carbons (Fsp3) is 0.333. The molecule has 0 radical (unpaired) electrons. The smallest absolute Gasteiger partial charge is 0.0571 e. The van der Waals surface area contributed by atoms with Crippen molar-refractivity contribution >= 4 is 21.6 Å². The van der Waals surface area contributed by atoms with Crippen molar-refractivity contribution < 1.29 is 0 Å². The van der Waals surface area contributed by atoms with Crippen LogP contribution < -0.4 is 5.32 Å². The van der Waals surface area contributed by atoms with Crippen molar-refractivity contribution in [2.24, 2.45) is 5.41 Å². The quantitative estimate of drug-likeness (QED) is 0.767. The molecule has 2 aromatic carbocycles. The number of rotatable bonds is 2. The van der Waals surface area contributed by atoms with E-state index in [1.165, 1.54) is 26.9 Å². The molecule has 2 aromatic rings. The number of hydrogen-bond donors (Lipinski definition) is 1. The largest absolute Gasteiger partial charge is 0.377 e. The van der Waals surface area contributed by atoms with E-state index in [-0.39, 0.29) is 5.41 Å². The minimum Gasteiger partial charge on any atom is -0.377 e. The van der Waals surface area contributed by atoms with E-state index in [9.17, 15) is 0 Å². The molecule has 0 saturated carbocycles. The topological polar surface area (TPSA) is 12.0 Å². The number of hydrogen-bond acceptors (Lipinski definition) is 1. The van der Waals surface area contributed by atoms with Crippen molar-refractivity contribution in [2.45, 2.75) is 33.2 Å². The van der Waals surface area contributed by atoms with E-state index in [0.717, 1.165) is 6.42 Å². The highest BCUT2D eigenvalue weighted by Gasteiger charge is 2.38. The monoisotopic (exact) mass is 329 g/mol. The highest BCUT2D eigenvalue weighted by Crippen LogP contribution is 2.47. The summed E-state index contributed by atoms with van der Waals surface area (Å²) in [5, 5.41) is 3.75. The molecule has 1 aliphatic carbocycles. The lowest BCUT2D eigenvalue weighted by atomic mass is 9.85. The van der Waals surface area contributed by atoms with Crippen molar-refractivity contribution in [3.05, 3.63) is 63.6 Å². The first-order valence-electron chi connectivity index (χ1n) is 7.08. The molecule has 0 aliphatic heterocycles. The van der Waals surface area contributed by atoms with Gasteiger partial charge in [-0.25, -0.2) is 0 Å². The summed E-state index contributed by atoms with van der Waals surface area (Å²) in [7, 11) is 0. The van der Waals surface area contributed by atoms with E-state index in [4.69, 9.17) is 0 Å². The van der Waals surface area contributed by atoms with Gasteiger partial charge in [0.1, 0.15) is 0 Å². The number of benzene rings is 2. The normalized spacial score (nSPS) is 19.7. The molecule has 0 saturated heterocycles. The third-order valence-electron chi connectivity index (χ3n) is 4.29. The molecular weight excluding hydrogens is 310 g/mol. The number of anilines is 1. The lowest BCUT2D eigenvalue weighted by Crippen LogP contribution is -2.24. The zero-order valence-corrected chi connectivity index (χ0v) is 13.8. The second kappa shape index (κ2) is 4.92. The summed E-state index contributed by atoms with van der Waals surface area (Å²) in [6.45, 7) is 6.81. The summed E-state index contributed by atoms with van der Waals surface area (Å²) in [6, 6.07) is 15.5. The fourth-order valence-electron chi connectivity index (χ4n) is 3.18. The molecule has 2 heteroatoms. The van der Waals surface area contributed by atoms with Gasteiger partial charge in [0.15, 0.2) is 0 Å². The van der Waals surface area contributed by atoms with Crippen LogP contribution in [-0.2, 0) is 6.42 Å². The summed E-state index contributed by atoms with van der Waals surface area (Å²) >= 11 is 3.70. The fourth-order valence-corrected chi connectivity index (χ4v) is 3.56. The molecule has 20 heavy (non-hydrogen) atoms. The molecule has 1 aliphatic rings. The maximum absolute atomic E-state index is 3.75. The standard InChI is InChI=1S/C18H20BrN/c1-12-7-6-10-15(16(12)19)20-17-14-9-5-4-8-13(14)11-18(17,2)3/h4-10,17,20H,11H2,1-3H3. The average Bonchev–Trinajstić information content (AvgIpc) is 2.66. The van der Waals surface area contributed by atoms with Crippen molar-refractivity contribution in [1.29, 1.82) is 0 Å². The van der Waals surface area contributed by atoms with Gasteiger partial charge < -0.3 is 5.32 Å². The van der Waals surface area contributed by atoms with E-state index >= 15 is 0 Å². The Balaban J connectivity index is 1.99. The molecule has 104 valence electrons. The lowest BCUT2D eigenvalue weighted by Gasteiger charge is -2.30. The van der Waals surface area contributed by atoms with E-state index in [2.05, 4.69) is 84.5 Å². The maximum Gasteiger partial charge on any atom is 0.0571 e. The van der Waals surface area contributed by atoms with Gasteiger partial charge in [-0.3, -0.25) is 0 Å².